The number of esters is 1. The van der Waals surface area contributed by atoms with Crippen LogP contribution in [0, 0.1) is 17.3 Å². The van der Waals surface area contributed by atoms with Crippen molar-refractivity contribution in [2.24, 2.45) is 17.3 Å². The van der Waals surface area contributed by atoms with Gasteiger partial charge in [-0.2, -0.15) is 0 Å². The summed E-state index contributed by atoms with van der Waals surface area (Å²) in [7, 11) is 0. The van der Waals surface area contributed by atoms with Gasteiger partial charge in [-0.3, -0.25) is 9.59 Å². The van der Waals surface area contributed by atoms with Crippen LogP contribution in [0.4, 0.5) is 0 Å². The second-order valence-electron chi connectivity index (χ2n) is 13.0. The van der Waals surface area contributed by atoms with E-state index in [1.54, 1.807) is 0 Å². The zero-order chi connectivity index (χ0) is 27.5. The molecule has 0 radical (unpaired) electrons. The number of hydrogen-bond acceptors (Lipinski definition) is 3. The zero-order valence-corrected chi connectivity index (χ0v) is 25.0. The van der Waals surface area contributed by atoms with Crippen molar-refractivity contribution in [1.29, 1.82) is 0 Å². The zero-order valence-electron chi connectivity index (χ0n) is 25.0. The third kappa shape index (κ3) is 8.08. The molecule has 4 atom stereocenters. The molecule has 2 saturated carbocycles. The van der Waals surface area contributed by atoms with Crippen LogP contribution in [0.1, 0.15) is 153 Å². The molecule has 39 heavy (non-hydrogen) atoms. The van der Waals surface area contributed by atoms with Gasteiger partial charge in [-0.25, -0.2) is 0 Å². The Morgan fingerprint density at radius 1 is 0.897 bits per heavy atom. The Labute approximate surface area is 238 Å². The summed E-state index contributed by atoms with van der Waals surface area (Å²) in [6.07, 6.45) is 27.8. The van der Waals surface area contributed by atoms with Crippen molar-refractivity contribution in [3.63, 3.8) is 0 Å². The Kier molecular flexibility index (Phi) is 11.7. The molecule has 3 aliphatic carbocycles. The lowest BCUT2D eigenvalue weighted by Gasteiger charge is -2.48. The summed E-state index contributed by atoms with van der Waals surface area (Å²) < 4.78 is 5.74. The molecule has 1 aromatic rings. The Morgan fingerprint density at radius 3 is 2.33 bits per heavy atom. The van der Waals surface area contributed by atoms with Gasteiger partial charge >= 0.3 is 5.97 Å². The minimum Gasteiger partial charge on any atom is -0.427 e. The number of benzene rings is 1. The van der Waals surface area contributed by atoms with Gasteiger partial charge in [0.2, 0.25) is 0 Å². The second-order valence-corrected chi connectivity index (χ2v) is 13.0. The van der Waals surface area contributed by atoms with Crippen LogP contribution in [-0.4, -0.2) is 11.8 Å². The summed E-state index contributed by atoms with van der Waals surface area (Å²) in [4.78, 5) is 25.0. The van der Waals surface area contributed by atoms with Crippen LogP contribution in [0.25, 0.3) is 0 Å². The number of ketones is 1. The molecule has 0 aromatic heterocycles. The molecule has 0 saturated heterocycles. The highest BCUT2D eigenvalue weighted by Crippen LogP contribution is 2.59. The smallest absolute Gasteiger partial charge is 0.311 e. The molecule has 3 unspecified atom stereocenters. The quantitative estimate of drug-likeness (QED) is 0.0917. The van der Waals surface area contributed by atoms with Crippen LogP contribution in [0.2, 0.25) is 0 Å². The minimum absolute atomic E-state index is 0.0713. The van der Waals surface area contributed by atoms with Crippen LogP contribution in [-0.2, 0) is 16.0 Å². The minimum atomic E-state index is -0.0980. The number of allylic oxidation sites excluding steroid dienone is 2. The third-order valence-electron chi connectivity index (χ3n) is 10.3. The molecule has 0 spiro atoms. The maximum absolute atomic E-state index is 12.6. The molecule has 4 rings (SSSR count). The normalized spacial score (nSPS) is 25.9. The van der Waals surface area contributed by atoms with Gasteiger partial charge in [0, 0.05) is 18.3 Å². The number of Topliss-reactive ketones (excluding diaryl/α,β-unsaturated/α-hetero) is 1. The first-order valence-electron chi connectivity index (χ1n) is 16.5. The van der Waals surface area contributed by atoms with E-state index in [9.17, 15) is 9.59 Å². The molecular weight excluding hydrogens is 480 g/mol. The predicted molar refractivity (Wildman–Crippen MR) is 161 cm³/mol. The molecule has 0 bridgehead atoms. The van der Waals surface area contributed by atoms with E-state index in [-0.39, 0.29) is 11.4 Å². The van der Waals surface area contributed by atoms with Gasteiger partial charge in [-0.05, 0) is 105 Å². The fourth-order valence-electron chi connectivity index (χ4n) is 7.92. The summed E-state index contributed by atoms with van der Waals surface area (Å²) in [5, 5.41) is 0. The van der Waals surface area contributed by atoms with Gasteiger partial charge < -0.3 is 4.74 Å². The molecule has 0 N–H and O–H groups in total. The number of hydrogen-bond donors (Lipinski definition) is 0. The second kappa shape index (κ2) is 15.2. The van der Waals surface area contributed by atoms with Crippen molar-refractivity contribution in [2.75, 3.05) is 0 Å². The van der Waals surface area contributed by atoms with Crippen molar-refractivity contribution in [3.05, 3.63) is 41.5 Å². The number of aryl methyl sites for hydroxylation is 1. The van der Waals surface area contributed by atoms with E-state index >= 15 is 0 Å². The van der Waals surface area contributed by atoms with E-state index in [4.69, 9.17) is 4.74 Å². The molecule has 1 aromatic carbocycles. The number of carbonyl (C=O) groups excluding carboxylic acids is 2. The van der Waals surface area contributed by atoms with Crippen LogP contribution < -0.4 is 4.74 Å². The molecular formula is C36H54O3. The summed E-state index contributed by atoms with van der Waals surface area (Å²) in [5.41, 5.74) is 2.73. The summed E-state index contributed by atoms with van der Waals surface area (Å²) >= 11 is 0. The lowest BCUT2D eigenvalue weighted by Crippen LogP contribution is -2.42. The van der Waals surface area contributed by atoms with Crippen LogP contribution in [0.3, 0.4) is 0 Å². The van der Waals surface area contributed by atoms with Gasteiger partial charge in [0.25, 0.3) is 0 Å². The van der Waals surface area contributed by atoms with Crippen molar-refractivity contribution in [2.45, 2.75) is 148 Å². The van der Waals surface area contributed by atoms with Gasteiger partial charge in [0.15, 0.2) is 0 Å². The molecule has 3 nitrogen and oxygen atoms in total. The molecule has 3 heteroatoms. The highest BCUT2D eigenvalue weighted by atomic mass is 16.5. The lowest BCUT2D eigenvalue weighted by atomic mass is 9.55. The van der Waals surface area contributed by atoms with Gasteiger partial charge in [0.1, 0.15) is 11.5 Å². The molecule has 2 fully saturated rings. The highest BCUT2D eigenvalue weighted by Gasteiger charge is 2.54. The van der Waals surface area contributed by atoms with Crippen molar-refractivity contribution < 1.29 is 14.3 Å². The average Bonchev–Trinajstić information content (AvgIpc) is 3.24. The van der Waals surface area contributed by atoms with E-state index in [0.717, 1.165) is 51.4 Å². The fraction of sp³-hybridized carbons (Fsp3) is 0.722. The Bertz CT molecular complexity index is 962. The van der Waals surface area contributed by atoms with Gasteiger partial charge in [-0.15, -0.1) is 0 Å². The first-order chi connectivity index (χ1) is 19.0. The molecule has 0 heterocycles. The molecule has 0 amide bonds. The van der Waals surface area contributed by atoms with Crippen LogP contribution >= 0.6 is 0 Å². The first-order valence-corrected chi connectivity index (χ1v) is 16.5. The molecule has 0 aliphatic heterocycles. The average molecular weight is 535 g/mol. The maximum atomic E-state index is 12.6. The van der Waals surface area contributed by atoms with Crippen molar-refractivity contribution >= 4 is 11.8 Å². The monoisotopic (exact) mass is 534 g/mol. The number of fused-ring (bicyclic) bond motifs is 5. The largest absolute Gasteiger partial charge is 0.427 e. The van der Waals surface area contributed by atoms with Crippen molar-refractivity contribution in [3.8, 4) is 5.75 Å². The predicted octanol–water partition coefficient (Wildman–Crippen LogP) is 10.1. The maximum Gasteiger partial charge on any atom is 0.311 e. The van der Waals surface area contributed by atoms with Crippen LogP contribution in [0.5, 0.6) is 5.75 Å². The topological polar surface area (TPSA) is 43.4 Å². The van der Waals surface area contributed by atoms with Crippen molar-refractivity contribution in [1.82, 2.24) is 0 Å². The SMILES string of the molecule is CCCCCCCC/C=C\CCCCCCCC(=O)Oc1ccc2c(c1)CCC1C2CC[C@]2(C)C(=O)CCC12. The highest BCUT2D eigenvalue weighted by molar-refractivity contribution is 5.87. The Balaban J connectivity index is 1.08. The van der Waals surface area contributed by atoms with Gasteiger partial charge in [-0.1, -0.05) is 83.4 Å². The number of unbranched alkanes of at least 4 members (excludes halogenated alkanes) is 11. The number of carbonyl (C=O) groups is 2. The van der Waals surface area contributed by atoms with Gasteiger partial charge in [0.05, 0.1) is 0 Å². The Morgan fingerprint density at radius 2 is 1.59 bits per heavy atom. The lowest BCUT2D eigenvalue weighted by molar-refractivity contribution is -0.134. The standard InChI is InChI=1S/C36H54O3/c1-3-4-5-6-7-8-9-10-11-12-13-14-15-16-17-18-35(38)39-29-20-22-30-28(27-29)19-21-32-31(30)25-26-36(2)33(32)23-24-34(36)37/h10-11,20,22,27,31-33H,3-9,12-19,21,23-26H2,1-2H3/b11-10-/t31?,32?,33?,36-/m0/s1. The van der Waals surface area contributed by atoms with E-state index in [1.165, 1.54) is 81.8 Å². The number of ether oxygens (including phenoxy) is 1. The summed E-state index contributed by atoms with van der Waals surface area (Å²) in [6.45, 7) is 4.50. The summed E-state index contributed by atoms with van der Waals surface area (Å²) in [5.74, 6) is 2.88. The first kappa shape index (κ1) is 30.1. The Hall–Kier alpha value is -1.90. The molecule has 3 aliphatic rings. The number of rotatable bonds is 16. The third-order valence-corrected chi connectivity index (χ3v) is 10.3. The fourth-order valence-corrected chi connectivity index (χ4v) is 7.92. The van der Waals surface area contributed by atoms with E-state index < -0.39 is 0 Å². The molecule has 216 valence electrons. The summed E-state index contributed by atoms with van der Waals surface area (Å²) in [6, 6.07) is 6.35. The van der Waals surface area contributed by atoms with E-state index in [0.29, 0.717) is 35.7 Å². The van der Waals surface area contributed by atoms with Crippen LogP contribution in [0.15, 0.2) is 30.4 Å². The van der Waals surface area contributed by atoms with E-state index in [1.807, 2.05) is 6.07 Å². The van der Waals surface area contributed by atoms with E-state index in [2.05, 4.69) is 38.1 Å².